The van der Waals surface area contributed by atoms with Gasteiger partial charge in [-0.1, -0.05) is 30.3 Å². The third-order valence-electron chi connectivity index (χ3n) is 2.44. The average molecular weight is 207 g/mol. The van der Waals surface area contributed by atoms with E-state index in [0.717, 1.165) is 5.56 Å². The minimum Gasteiger partial charge on any atom is -0.480 e. The van der Waals surface area contributed by atoms with Gasteiger partial charge in [0.05, 0.1) is 0 Å². The zero-order valence-electron chi connectivity index (χ0n) is 9.32. The number of hydrogen-bond acceptors (Lipinski definition) is 2. The van der Waals surface area contributed by atoms with Crippen molar-refractivity contribution < 1.29 is 9.90 Å². The first-order valence-corrected chi connectivity index (χ1v) is 4.99. The molecule has 0 saturated carbocycles. The number of carbonyl (C=O) groups is 1. The van der Waals surface area contributed by atoms with Crippen LogP contribution in [0, 0.1) is 0 Å². The lowest BCUT2D eigenvalue weighted by Crippen LogP contribution is -2.46. The summed E-state index contributed by atoms with van der Waals surface area (Å²) in [4.78, 5) is 10.7. The monoisotopic (exact) mass is 207 g/mol. The molecule has 0 bridgehead atoms. The molecule has 82 valence electrons. The van der Waals surface area contributed by atoms with Gasteiger partial charge in [-0.2, -0.15) is 0 Å². The highest BCUT2D eigenvalue weighted by Crippen LogP contribution is 2.19. The molecule has 0 fully saturated rings. The van der Waals surface area contributed by atoms with Gasteiger partial charge in [0.15, 0.2) is 0 Å². The molecule has 0 heterocycles. The molecule has 3 heteroatoms. The minimum absolute atomic E-state index is 0.334. The van der Waals surface area contributed by atoms with Gasteiger partial charge in [-0.05, 0) is 26.3 Å². The highest BCUT2D eigenvalue weighted by molar-refractivity contribution is 5.73. The Balaban J connectivity index is 2.80. The van der Waals surface area contributed by atoms with Gasteiger partial charge in [-0.25, -0.2) is 0 Å². The van der Waals surface area contributed by atoms with Crippen molar-refractivity contribution in [3.8, 4) is 0 Å². The molecule has 1 rings (SSSR count). The summed E-state index contributed by atoms with van der Waals surface area (Å²) in [7, 11) is 0. The molecule has 0 aliphatic rings. The van der Waals surface area contributed by atoms with Crippen LogP contribution >= 0.6 is 0 Å². The van der Waals surface area contributed by atoms with Crippen LogP contribution in [0.1, 0.15) is 26.3 Å². The van der Waals surface area contributed by atoms with Crippen molar-refractivity contribution >= 4 is 5.97 Å². The molecule has 0 aliphatic carbocycles. The number of hydrogen-bond donors (Lipinski definition) is 2. The van der Waals surface area contributed by atoms with Crippen LogP contribution in [0.2, 0.25) is 0 Å². The maximum absolute atomic E-state index is 10.7. The summed E-state index contributed by atoms with van der Waals surface area (Å²) in [5, 5.41) is 11.9. The second-order valence-corrected chi connectivity index (χ2v) is 4.20. The Labute approximate surface area is 90.1 Å². The van der Waals surface area contributed by atoms with Crippen LogP contribution < -0.4 is 5.32 Å². The largest absolute Gasteiger partial charge is 0.480 e. The Morgan fingerprint density at radius 1 is 1.33 bits per heavy atom. The molecule has 1 aromatic carbocycles. The lowest BCUT2D eigenvalue weighted by Gasteiger charge is -2.29. The lowest BCUT2D eigenvalue weighted by molar-refractivity contribution is -0.139. The molecule has 15 heavy (non-hydrogen) atoms. The third-order valence-corrected chi connectivity index (χ3v) is 2.44. The third kappa shape index (κ3) is 3.06. The van der Waals surface area contributed by atoms with E-state index in [1.54, 1.807) is 6.92 Å². The van der Waals surface area contributed by atoms with Crippen LogP contribution in [0.3, 0.4) is 0 Å². The standard InChI is InChI=1S/C12H17NO2/c1-9(11(14)15)13-12(2,3)10-7-5-4-6-8-10/h4-9,13H,1-3H3,(H,14,15)/t9-/m1/s1. The average Bonchev–Trinajstić information content (AvgIpc) is 2.18. The first kappa shape index (κ1) is 11.7. The number of nitrogens with one attached hydrogen (secondary N) is 1. The SMILES string of the molecule is C[C@@H](NC(C)(C)c1ccccc1)C(=O)O. The first-order chi connectivity index (χ1) is 6.93. The van der Waals surface area contributed by atoms with Crippen molar-refractivity contribution in [3.05, 3.63) is 35.9 Å². The molecule has 0 aliphatic heterocycles. The molecule has 0 spiro atoms. The summed E-state index contributed by atoms with van der Waals surface area (Å²) in [6.45, 7) is 5.59. The van der Waals surface area contributed by atoms with Crippen molar-refractivity contribution in [3.63, 3.8) is 0 Å². The molecule has 1 aromatic rings. The van der Waals surface area contributed by atoms with Gasteiger partial charge < -0.3 is 5.11 Å². The van der Waals surface area contributed by atoms with Crippen LogP contribution in [0.4, 0.5) is 0 Å². The predicted octanol–water partition coefficient (Wildman–Crippen LogP) is 1.98. The van der Waals surface area contributed by atoms with E-state index in [1.807, 2.05) is 44.2 Å². The summed E-state index contributed by atoms with van der Waals surface area (Å²) < 4.78 is 0. The Morgan fingerprint density at radius 3 is 2.33 bits per heavy atom. The first-order valence-electron chi connectivity index (χ1n) is 4.99. The molecular weight excluding hydrogens is 190 g/mol. The van der Waals surface area contributed by atoms with Crippen LogP contribution in [0.5, 0.6) is 0 Å². The van der Waals surface area contributed by atoms with Crippen molar-refractivity contribution in [2.45, 2.75) is 32.4 Å². The number of rotatable bonds is 4. The van der Waals surface area contributed by atoms with Crippen LogP contribution in [-0.4, -0.2) is 17.1 Å². The molecule has 2 N–H and O–H groups in total. The lowest BCUT2D eigenvalue weighted by atomic mass is 9.93. The number of aliphatic carboxylic acids is 1. The Hall–Kier alpha value is -1.35. The van der Waals surface area contributed by atoms with Crippen LogP contribution in [0.25, 0.3) is 0 Å². The van der Waals surface area contributed by atoms with E-state index in [9.17, 15) is 4.79 Å². The van der Waals surface area contributed by atoms with E-state index in [1.165, 1.54) is 0 Å². The van der Waals surface area contributed by atoms with Crippen molar-refractivity contribution in [2.75, 3.05) is 0 Å². The Morgan fingerprint density at radius 2 is 1.87 bits per heavy atom. The molecule has 0 radical (unpaired) electrons. The zero-order chi connectivity index (χ0) is 11.5. The molecule has 0 saturated heterocycles. The molecule has 0 aromatic heterocycles. The fourth-order valence-electron chi connectivity index (χ4n) is 1.54. The number of benzene rings is 1. The van der Waals surface area contributed by atoms with Crippen LogP contribution in [-0.2, 0) is 10.3 Å². The minimum atomic E-state index is -0.834. The summed E-state index contributed by atoms with van der Waals surface area (Å²) in [6.07, 6.45) is 0. The van der Waals surface area contributed by atoms with Gasteiger partial charge >= 0.3 is 5.97 Å². The normalized spacial score (nSPS) is 13.5. The summed E-state index contributed by atoms with van der Waals surface area (Å²) >= 11 is 0. The molecule has 0 amide bonds. The fraction of sp³-hybridized carbons (Fsp3) is 0.417. The highest BCUT2D eigenvalue weighted by atomic mass is 16.4. The van der Waals surface area contributed by atoms with Crippen LogP contribution in [0.15, 0.2) is 30.3 Å². The number of carboxylic acids is 1. The van der Waals surface area contributed by atoms with Gasteiger partial charge in [-0.3, -0.25) is 10.1 Å². The zero-order valence-corrected chi connectivity index (χ0v) is 9.32. The number of carboxylic acid groups (broad SMARTS) is 1. The molecular formula is C12H17NO2. The van der Waals surface area contributed by atoms with E-state index in [4.69, 9.17) is 5.11 Å². The van der Waals surface area contributed by atoms with Gasteiger partial charge in [0.1, 0.15) is 6.04 Å². The maximum Gasteiger partial charge on any atom is 0.320 e. The fourth-order valence-corrected chi connectivity index (χ4v) is 1.54. The van der Waals surface area contributed by atoms with E-state index in [2.05, 4.69) is 5.32 Å². The molecule has 1 atom stereocenters. The second-order valence-electron chi connectivity index (χ2n) is 4.20. The van der Waals surface area contributed by atoms with Gasteiger partial charge in [0, 0.05) is 5.54 Å². The van der Waals surface area contributed by atoms with Crippen molar-refractivity contribution in [1.82, 2.24) is 5.32 Å². The van der Waals surface area contributed by atoms with Gasteiger partial charge in [-0.15, -0.1) is 0 Å². The smallest absolute Gasteiger partial charge is 0.320 e. The predicted molar refractivity (Wildman–Crippen MR) is 59.7 cm³/mol. The molecule has 3 nitrogen and oxygen atoms in total. The van der Waals surface area contributed by atoms with E-state index in [0.29, 0.717) is 0 Å². The quantitative estimate of drug-likeness (QED) is 0.793. The Kier molecular flexibility index (Phi) is 3.48. The van der Waals surface area contributed by atoms with Crippen molar-refractivity contribution in [1.29, 1.82) is 0 Å². The summed E-state index contributed by atoms with van der Waals surface area (Å²) in [6, 6.07) is 9.26. The van der Waals surface area contributed by atoms with Gasteiger partial charge in [0.2, 0.25) is 0 Å². The van der Waals surface area contributed by atoms with E-state index >= 15 is 0 Å². The highest BCUT2D eigenvalue weighted by Gasteiger charge is 2.24. The molecule has 0 unspecified atom stereocenters. The van der Waals surface area contributed by atoms with Gasteiger partial charge in [0.25, 0.3) is 0 Å². The summed E-state index contributed by atoms with van der Waals surface area (Å²) in [5.41, 5.74) is 0.747. The maximum atomic E-state index is 10.7. The van der Waals surface area contributed by atoms with E-state index in [-0.39, 0.29) is 5.54 Å². The second kappa shape index (κ2) is 4.45. The topological polar surface area (TPSA) is 49.3 Å². The summed E-state index contributed by atoms with van der Waals surface area (Å²) in [5.74, 6) is -0.834. The Bertz CT molecular complexity index is 333. The van der Waals surface area contributed by atoms with E-state index < -0.39 is 12.0 Å². The van der Waals surface area contributed by atoms with Crippen molar-refractivity contribution in [2.24, 2.45) is 0 Å².